The average molecular weight is 350 g/mol. The molecule has 1 atom stereocenters. The van der Waals surface area contributed by atoms with Gasteiger partial charge in [0.05, 0.1) is 23.4 Å². The van der Waals surface area contributed by atoms with E-state index in [9.17, 15) is 14.7 Å². The predicted octanol–water partition coefficient (Wildman–Crippen LogP) is 2.31. The number of hydrogen-bond acceptors (Lipinski definition) is 5. The number of aromatic nitrogens is 2. The number of methoxy groups -OCH3 is 1. The van der Waals surface area contributed by atoms with E-state index in [1.54, 1.807) is 19.9 Å². The van der Waals surface area contributed by atoms with Gasteiger partial charge in [-0.15, -0.1) is 0 Å². The highest BCUT2D eigenvalue weighted by molar-refractivity contribution is 6.32. The van der Waals surface area contributed by atoms with Crippen LogP contribution in [0.15, 0.2) is 24.4 Å². The van der Waals surface area contributed by atoms with Crippen molar-refractivity contribution in [2.24, 2.45) is 0 Å². The Morgan fingerprint density at radius 3 is 2.58 bits per heavy atom. The maximum atomic E-state index is 12.4. The molecule has 0 aliphatic carbocycles. The van der Waals surface area contributed by atoms with E-state index in [2.05, 4.69) is 15.3 Å². The van der Waals surface area contributed by atoms with Crippen molar-refractivity contribution in [3.05, 3.63) is 52.1 Å². The van der Waals surface area contributed by atoms with Gasteiger partial charge in [-0.3, -0.25) is 4.79 Å². The monoisotopic (exact) mass is 349 g/mol. The molecule has 7 nitrogen and oxygen atoms in total. The number of ether oxygens (including phenoxy) is 1. The molecule has 1 unspecified atom stereocenters. The number of carboxylic acid groups (broad SMARTS) is 1. The van der Waals surface area contributed by atoms with Crippen LogP contribution in [0.3, 0.4) is 0 Å². The van der Waals surface area contributed by atoms with Gasteiger partial charge in [-0.05, 0) is 31.5 Å². The Labute approximate surface area is 143 Å². The number of amides is 1. The second-order valence-electron chi connectivity index (χ2n) is 5.05. The van der Waals surface area contributed by atoms with Crippen LogP contribution < -0.4 is 10.1 Å². The first-order chi connectivity index (χ1) is 11.3. The SMILES string of the molecule is COc1ccc(C(NC(=O)c2cnc(C)nc2C)C(=O)O)cc1Cl. The molecule has 1 amide bonds. The summed E-state index contributed by atoms with van der Waals surface area (Å²) in [5.74, 6) is -0.846. The fourth-order valence-corrected chi connectivity index (χ4v) is 2.43. The molecule has 0 radical (unpaired) electrons. The minimum absolute atomic E-state index is 0.214. The zero-order chi connectivity index (χ0) is 17.9. The molecule has 1 heterocycles. The molecule has 2 aromatic rings. The zero-order valence-electron chi connectivity index (χ0n) is 13.3. The third kappa shape index (κ3) is 3.80. The normalized spacial score (nSPS) is 11.7. The van der Waals surface area contributed by atoms with E-state index in [1.165, 1.54) is 25.4 Å². The summed E-state index contributed by atoms with van der Waals surface area (Å²) in [6.07, 6.45) is 1.37. The fourth-order valence-electron chi connectivity index (χ4n) is 2.16. The van der Waals surface area contributed by atoms with E-state index in [0.717, 1.165) is 0 Å². The van der Waals surface area contributed by atoms with Gasteiger partial charge >= 0.3 is 5.97 Å². The number of nitrogens with one attached hydrogen (secondary N) is 1. The van der Waals surface area contributed by atoms with Gasteiger partial charge in [0.15, 0.2) is 6.04 Å². The zero-order valence-corrected chi connectivity index (χ0v) is 14.1. The van der Waals surface area contributed by atoms with Crippen LogP contribution in [0.4, 0.5) is 0 Å². The maximum absolute atomic E-state index is 12.4. The summed E-state index contributed by atoms with van der Waals surface area (Å²) in [6, 6.07) is 3.25. The Morgan fingerprint density at radius 1 is 1.33 bits per heavy atom. The second-order valence-corrected chi connectivity index (χ2v) is 5.46. The molecule has 126 valence electrons. The van der Waals surface area contributed by atoms with Crippen molar-refractivity contribution in [2.45, 2.75) is 19.9 Å². The summed E-state index contributed by atoms with van der Waals surface area (Å²) in [6.45, 7) is 3.36. The quantitative estimate of drug-likeness (QED) is 0.858. The van der Waals surface area contributed by atoms with Gasteiger partial charge in [-0.2, -0.15) is 0 Å². The predicted molar refractivity (Wildman–Crippen MR) is 87.4 cm³/mol. The van der Waals surface area contributed by atoms with Crippen molar-refractivity contribution < 1.29 is 19.4 Å². The van der Waals surface area contributed by atoms with Crippen molar-refractivity contribution in [1.82, 2.24) is 15.3 Å². The number of nitrogens with zero attached hydrogens (tertiary/aromatic N) is 2. The number of benzene rings is 1. The van der Waals surface area contributed by atoms with E-state index in [1.807, 2.05) is 0 Å². The number of carbonyl (C=O) groups excluding carboxylic acids is 1. The van der Waals surface area contributed by atoms with Gasteiger partial charge in [0.2, 0.25) is 0 Å². The van der Waals surface area contributed by atoms with Gasteiger partial charge < -0.3 is 15.2 Å². The first-order valence-corrected chi connectivity index (χ1v) is 7.38. The molecule has 0 spiro atoms. The topological polar surface area (TPSA) is 101 Å². The molecule has 0 fully saturated rings. The number of carboxylic acids is 1. The van der Waals surface area contributed by atoms with Crippen LogP contribution in [0.1, 0.15) is 33.5 Å². The lowest BCUT2D eigenvalue weighted by Gasteiger charge is -2.16. The lowest BCUT2D eigenvalue weighted by molar-refractivity contribution is -0.139. The first-order valence-electron chi connectivity index (χ1n) is 7.00. The average Bonchev–Trinajstić information content (AvgIpc) is 2.52. The Hall–Kier alpha value is -2.67. The molecule has 24 heavy (non-hydrogen) atoms. The van der Waals surface area contributed by atoms with Crippen LogP contribution in [0.5, 0.6) is 5.75 Å². The molecule has 2 N–H and O–H groups in total. The van der Waals surface area contributed by atoms with Crippen LogP contribution in [-0.2, 0) is 4.79 Å². The number of aliphatic carboxylic acids is 1. The standard InChI is InChI=1S/C16H16ClN3O4/c1-8-11(7-18-9(2)19-8)15(21)20-14(16(22)23)10-4-5-13(24-3)12(17)6-10/h4-7,14H,1-3H3,(H,20,21)(H,22,23). The Bertz CT molecular complexity index is 795. The fraction of sp³-hybridized carbons (Fsp3) is 0.250. The highest BCUT2D eigenvalue weighted by Gasteiger charge is 2.24. The van der Waals surface area contributed by atoms with E-state index in [-0.39, 0.29) is 10.6 Å². The van der Waals surface area contributed by atoms with Crippen molar-refractivity contribution in [3.8, 4) is 5.75 Å². The van der Waals surface area contributed by atoms with E-state index >= 15 is 0 Å². The van der Waals surface area contributed by atoms with Crippen molar-refractivity contribution in [3.63, 3.8) is 0 Å². The van der Waals surface area contributed by atoms with Gasteiger partial charge in [0, 0.05) is 6.20 Å². The molecular weight excluding hydrogens is 334 g/mol. The van der Waals surface area contributed by atoms with Crippen molar-refractivity contribution in [2.75, 3.05) is 7.11 Å². The van der Waals surface area contributed by atoms with Gasteiger partial charge in [0.1, 0.15) is 11.6 Å². The molecule has 0 aliphatic rings. The van der Waals surface area contributed by atoms with Crippen molar-refractivity contribution in [1.29, 1.82) is 0 Å². The molecule has 0 aliphatic heterocycles. The summed E-state index contributed by atoms with van der Waals surface area (Å²) in [5, 5.41) is 12.1. The Balaban J connectivity index is 2.30. The number of aryl methyl sites for hydroxylation is 2. The summed E-state index contributed by atoms with van der Waals surface area (Å²) in [7, 11) is 1.46. The van der Waals surface area contributed by atoms with Crippen LogP contribution in [0, 0.1) is 13.8 Å². The lowest BCUT2D eigenvalue weighted by atomic mass is 10.1. The Kier molecular flexibility index (Phi) is 5.35. The van der Waals surface area contributed by atoms with Crippen LogP contribution in [0.2, 0.25) is 5.02 Å². The van der Waals surface area contributed by atoms with Crippen LogP contribution >= 0.6 is 11.6 Å². The largest absolute Gasteiger partial charge is 0.495 e. The molecule has 0 bridgehead atoms. The first kappa shape index (κ1) is 17.7. The van der Waals surface area contributed by atoms with Gasteiger partial charge in [0.25, 0.3) is 5.91 Å². The second kappa shape index (κ2) is 7.27. The molecular formula is C16H16ClN3O4. The number of rotatable bonds is 5. The smallest absolute Gasteiger partial charge is 0.330 e. The van der Waals surface area contributed by atoms with Crippen LogP contribution in [-0.4, -0.2) is 34.1 Å². The minimum Gasteiger partial charge on any atom is -0.495 e. The third-order valence-electron chi connectivity index (χ3n) is 3.38. The third-order valence-corrected chi connectivity index (χ3v) is 3.67. The summed E-state index contributed by atoms with van der Waals surface area (Å²) in [4.78, 5) is 32.0. The Morgan fingerprint density at radius 2 is 2.04 bits per heavy atom. The molecule has 8 heteroatoms. The molecule has 1 aromatic carbocycles. The minimum atomic E-state index is -1.26. The highest BCUT2D eigenvalue weighted by Crippen LogP contribution is 2.28. The number of carbonyl (C=O) groups is 2. The van der Waals surface area contributed by atoms with E-state index in [0.29, 0.717) is 22.8 Å². The summed E-state index contributed by atoms with van der Waals surface area (Å²) in [5.41, 5.74) is 1.01. The number of halogens is 1. The molecule has 1 aromatic heterocycles. The maximum Gasteiger partial charge on any atom is 0.330 e. The van der Waals surface area contributed by atoms with Crippen LogP contribution in [0.25, 0.3) is 0 Å². The summed E-state index contributed by atoms with van der Waals surface area (Å²) >= 11 is 6.02. The molecule has 2 rings (SSSR count). The van der Waals surface area contributed by atoms with E-state index in [4.69, 9.17) is 16.3 Å². The van der Waals surface area contributed by atoms with Gasteiger partial charge in [-0.25, -0.2) is 14.8 Å². The van der Waals surface area contributed by atoms with E-state index < -0.39 is 17.9 Å². The summed E-state index contributed by atoms with van der Waals surface area (Å²) < 4.78 is 5.03. The molecule has 0 saturated carbocycles. The lowest BCUT2D eigenvalue weighted by Crippen LogP contribution is -2.34. The number of hydrogen-bond donors (Lipinski definition) is 2. The highest BCUT2D eigenvalue weighted by atomic mass is 35.5. The van der Waals surface area contributed by atoms with Crippen molar-refractivity contribution >= 4 is 23.5 Å². The molecule has 0 saturated heterocycles. The van der Waals surface area contributed by atoms with Gasteiger partial charge in [-0.1, -0.05) is 17.7 Å².